The van der Waals surface area contributed by atoms with Crippen LogP contribution in [0.3, 0.4) is 0 Å². The third-order valence-electron chi connectivity index (χ3n) is 5.05. The Hall–Kier alpha value is -3.53. The Morgan fingerprint density at radius 2 is 1.88 bits per heavy atom. The monoisotopic (exact) mass is 440 g/mol. The first kappa shape index (κ1) is 23.1. The van der Waals surface area contributed by atoms with Gasteiger partial charge in [-0.1, -0.05) is 13.8 Å². The van der Waals surface area contributed by atoms with Crippen molar-refractivity contribution in [3.63, 3.8) is 0 Å². The number of piperidine rings is 1. The fourth-order valence-electron chi connectivity index (χ4n) is 3.16. The zero-order chi connectivity index (χ0) is 23.1. The number of hydrogen-bond acceptors (Lipinski definition) is 7. The molecule has 0 atom stereocenters. The lowest BCUT2D eigenvalue weighted by Gasteiger charge is -2.26. The van der Waals surface area contributed by atoms with Crippen LogP contribution >= 0.6 is 0 Å². The van der Waals surface area contributed by atoms with E-state index in [1.807, 2.05) is 0 Å². The van der Waals surface area contributed by atoms with Crippen molar-refractivity contribution >= 4 is 29.5 Å². The molecule has 1 aliphatic rings. The normalized spacial score (nSPS) is 14.0. The summed E-state index contributed by atoms with van der Waals surface area (Å²) in [7, 11) is 1.72. The Balaban J connectivity index is 1.59. The van der Waals surface area contributed by atoms with Gasteiger partial charge in [0.1, 0.15) is 23.1 Å². The van der Waals surface area contributed by atoms with E-state index in [0.717, 1.165) is 25.9 Å². The third-order valence-corrected chi connectivity index (χ3v) is 5.05. The van der Waals surface area contributed by atoms with E-state index in [1.165, 1.54) is 6.20 Å². The summed E-state index contributed by atoms with van der Waals surface area (Å²) in [6.45, 7) is 5.07. The van der Waals surface area contributed by atoms with Crippen molar-refractivity contribution < 1.29 is 19.1 Å². The number of aromatic nitrogens is 2. The van der Waals surface area contributed by atoms with Gasteiger partial charge in [0.25, 0.3) is 0 Å². The molecule has 2 aromatic heterocycles. The molecule has 0 unspecified atom stereocenters. The number of pyridine rings is 2. The van der Waals surface area contributed by atoms with Crippen molar-refractivity contribution in [2.24, 2.45) is 11.8 Å². The van der Waals surface area contributed by atoms with Gasteiger partial charge in [0, 0.05) is 31.1 Å². The number of anilines is 2. The minimum absolute atomic E-state index is 0.00935. The van der Waals surface area contributed by atoms with Gasteiger partial charge >= 0.3 is 6.03 Å². The Bertz CT molecular complexity index is 957. The van der Waals surface area contributed by atoms with Crippen LogP contribution in [0, 0.1) is 11.8 Å². The van der Waals surface area contributed by atoms with Crippen LogP contribution in [0.4, 0.5) is 16.4 Å². The molecule has 3 rings (SSSR count). The van der Waals surface area contributed by atoms with Crippen molar-refractivity contribution in [1.82, 2.24) is 20.6 Å². The van der Waals surface area contributed by atoms with E-state index in [1.54, 1.807) is 56.3 Å². The fourth-order valence-corrected chi connectivity index (χ4v) is 3.16. The number of ether oxygens (including phenoxy) is 1. The summed E-state index contributed by atoms with van der Waals surface area (Å²) in [6.07, 6.45) is 4.66. The van der Waals surface area contributed by atoms with E-state index in [2.05, 4.69) is 25.9 Å². The fraction of sp³-hybridized carbons (Fsp3) is 0.409. The van der Waals surface area contributed by atoms with Crippen molar-refractivity contribution in [3.8, 4) is 11.5 Å². The maximum absolute atomic E-state index is 12.7. The summed E-state index contributed by atoms with van der Waals surface area (Å²) in [6, 6.07) is 5.92. The average Bonchev–Trinajstić information content (AvgIpc) is 2.80. The van der Waals surface area contributed by atoms with E-state index in [-0.39, 0.29) is 29.5 Å². The number of nitrogens with zero attached hydrogens (tertiary/aromatic N) is 3. The Labute approximate surface area is 186 Å². The standard InChI is InChI=1S/C22H28N6O4/c1-14(2)20(29)27-22(31)26-18-5-4-17(13-25-18)32-16-8-11-24-19(12-16)28(3)21(30)15-6-9-23-10-7-15/h4-5,8,11-15,23H,6-7,9-10H2,1-3H3,(H2,25,26,27,29,31). The van der Waals surface area contributed by atoms with Gasteiger partial charge in [-0.3, -0.25) is 25.1 Å². The zero-order valence-corrected chi connectivity index (χ0v) is 18.4. The highest BCUT2D eigenvalue weighted by molar-refractivity contribution is 6.01. The molecule has 3 N–H and O–H groups in total. The summed E-state index contributed by atoms with van der Waals surface area (Å²) < 4.78 is 5.82. The molecule has 3 heterocycles. The van der Waals surface area contributed by atoms with Crippen LogP contribution in [0.5, 0.6) is 11.5 Å². The number of carbonyl (C=O) groups excluding carboxylic acids is 3. The summed E-state index contributed by atoms with van der Waals surface area (Å²) in [5.41, 5.74) is 0. The van der Waals surface area contributed by atoms with Crippen LogP contribution in [0.25, 0.3) is 0 Å². The summed E-state index contributed by atoms with van der Waals surface area (Å²) >= 11 is 0. The van der Waals surface area contributed by atoms with Crippen molar-refractivity contribution in [2.45, 2.75) is 26.7 Å². The number of imide groups is 1. The molecule has 1 saturated heterocycles. The zero-order valence-electron chi connectivity index (χ0n) is 18.4. The van der Waals surface area contributed by atoms with Gasteiger partial charge in [-0.05, 0) is 44.1 Å². The smallest absolute Gasteiger partial charge is 0.327 e. The largest absolute Gasteiger partial charge is 0.456 e. The molecular formula is C22H28N6O4. The van der Waals surface area contributed by atoms with Crippen molar-refractivity contribution in [2.75, 3.05) is 30.4 Å². The van der Waals surface area contributed by atoms with Gasteiger partial charge in [0.2, 0.25) is 11.8 Å². The summed E-state index contributed by atoms with van der Waals surface area (Å²) in [4.78, 5) is 46.1. The van der Waals surface area contributed by atoms with Crippen molar-refractivity contribution in [1.29, 1.82) is 0 Å². The number of carbonyl (C=O) groups is 3. The first-order chi connectivity index (χ1) is 15.3. The second kappa shape index (κ2) is 10.7. The molecule has 0 radical (unpaired) electrons. The van der Waals surface area contributed by atoms with E-state index < -0.39 is 6.03 Å². The predicted octanol–water partition coefficient (Wildman–Crippen LogP) is 2.54. The Morgan fingerprint density at radius 3 is 2.53 bits per heavy atom. The second-order valence-electron chi connectivity index (χ2n) is 7.85. The van der Waals surface area contributed by atoms with E-state index in [4.69, 9.17) is 4.74 Å². The summed E-state index contributed by atoms with van der Waals surface area (Å²) in [5, 5.41) is 7.98. The minimum Gasteiger partial charge on any atom is -0.456 e. The maximum atomic E-state index is 12.7. The van der Waals surface area contributed by atoms with Crippen LogP contribution in [0.15, 0.2) is 36.7 Å². The quantitative estimate of drug-likeness (QED) is 0.630. The van der Waals surface area contributed by atoms with Crippen LogP contribution in [-0.2, 0) is 9.59 Å². The molecule has 0 aliphatic carbocycles. The maximum Gasteiger partial charge on any atom is 0.327 e. The molecule has 0 bridgehead atoms. The lowest BCUT2D eigenvalue weighted by molar-refractivity contribution is -0.123. The number of urea groups is 1. The third kappa shape index (κ3) is 6.24. The molecule has 1 aliphatic heterocycles. The number of rotatable bonds is 6. The van der Waals surface area contributed by atoms with E-state index in [9.17, 15) is 14.4 Å². The van der Waals surface area contributed by atoms with Gasteiger partial charge in [0.05, 0.1) is 6.20 Å². The molecule has 4 amide bonds. The van der Waals surface area contributed by atoms with Gasteiger partial charge in [0.15, 0.2) is 0 Å². The highest BCUT2D eigenvalue weighted by atomic mass is 16.5. The molecule has 1 fully saturated rings. The highest BCUT2D eigenvalue weighted by Crippen LogP contribution is 2.25. The molecule has 0 spiro atoms. The Morgan fingerprint density at radius 1 is 1.12 bits per heavy atom. The molecule has 32 heavy (non-hydrogen) atoms. The number of nitrogens with one attached hydrogen (secondary N) is 3. The van der Waals surface area contributed by atoms with Crippen molar-refractivity contribution in [3.05, 3.63) is 36.7 Å². The Kier molecular flexibility index (Phi) is 7.72. The molecule has 0 saturated carbocycles. The number of amides is 4. The molecule has 10 nitrogen and oxygen atoms in total. The molecule has 0 aromatic carbocycles. The van der Waals surface area contributed by atoms with Crippen LogP contribution in [-0.4, -0.2) is 48.0 Å². The summed E-state index contributed by atoms with van der Waals surface area (Å²) in [5.74, 6) is 1.08. The lowest BCUT2D eigenvalue weighted by atomic mass is 9.97. The van der Waals surface area contributed by atoms with E-state index in [0.29, 0.717) is 17.3 Å². The minimum atomic E-state index is -0.648. The second-order valence-corrected chi connectivity index (χ2v) is 7.85. The SMILES string of the molecule is CC(C)C(=O)NC(=O)Nc1ccc(Oc2ccnc(N(C)C(=O)C3CCNCC3)c2)cn1. The number of hydrogen-bond donors (Lipinski definition) is 3. The molecule has 170 valence electrons. The molecule has 10 heteroatoms. The average molecular weight is 441 g/mol. The van der Waals surface area contributed by atoms with Crippen LogP contribution in [0.2, 0.25) is 0 Å². The first-order valence-electron chi connectivity index (χ1n) is 10.5. The topological polar surface area (TPSA) is 126 Å². The molecule has 2 aromatic rings. The lowest BCUT2D eigenvalue weighted by Crippen LogP contribution is -2.39. The van der Waals surface area contributed by atoms with Gasteiger partial charge < -0.3 is 10.1 Å². The predicted molar refractivity (Wildman–Crippen MR) is 120 cm³/mol. The van der Waals surface area contributed by atoms with Gasteiger partial charge in [-0.25, -0.2) is 14.8 Å². The van der Waals surface area contributed by atoms with Crippen LogP contribution in [0.1, 0.15) is 26.7 Å². The highest BCUT2D eigenvalue weighted by Gasteiger charge is 2.25. The van der Waals surface area contributed by atoms with Gasteiger partial charge in [-0.2, -0.15) is 0 Å². The van der Waals surface area contributed by atoms with Gasteiger partial charge in [-0.15, -0.1) is 0 Å². The first-order valence-corrected chi connectivity index (χ1v) is 10.5. The van der Waals surface area contributed by atoms with Crippen LogP contribution < -0.4 is 25.6 Å². The van der Waals surface area contributed by atoms with E-state index >= 15 is 0 Å². The molecular weight excluding hydrogens is 412 g/mol.